The average Bonchev–Trinajstić information content (AvgIpc) is 2.63. The van der Waals surface area contributed by atoms with Crippen LogP contribution in [0, 0.1) is 5.92 Å². The standard InChI is InChI=1S/C15H31N3O2/c1-7-15(4)14(19)18(13(16-15)12(2)3)9-11-20-10-8-17(5)6/h12-13,16H,7-11H2,1-6H3. The van der Waals surface area contributed by atoms with Crippen molar-refractivity contribution in [3.8, 4) is 0 Å². The smallest absolute Gasteiger partial charge is 0.243 e. The van der Waals surface area contributed by atoms with Crippen molar-refractivity contribution in [2.45, 2.75) is 45.8 Å². The van der Waals surface area contributed by atoms with Gasteiger partial charge in [-0.1, -0.05) is 20.8 Å². The van der Waals surface area contributed by atoms with E-state index in [1.54, 1.807) is 0 Å². The Morgan fingerprint density at radius 1 is 1.40 bits per heavy atom. The number of amides is 1. The highest BCUT2D eigenvalue weighted by Crippen LogP contribution is 2.26. The van der Waals surface area contributed by atoms with Gasteiger partial charge in [-0.25, -0.2) is 0 Å². The van der Waals surface area contributed by atoms with Crippen LogP contribution in [0.1, 0.15) is 34.1 Å². The van der Waals surface area contributed by atoms with Gasteiger partial charge in [0.25, 0.3) is 0 Å². The molecular weight excluding hydrogens is 254 g/mol. The molecule has 1 amide bonds. The quantitative estimate of drug-likeness (QED) is 0.680. The number of nitrogens with one attached hydrogen (secondary N) is 1. The molecule has 2 atom stereocenters. The molecule has 0 aliphatic carbocycles. The van der Waals surface area contributed by atoms with E-state index in [1.807, 2.05) is 25.9 Å². The van der Waals surface area contributed by atoms with Crippen LogP contribution in [-0.2, 0) is 9.53 Å². The number of rotatable bonds is 8. The molecule has 5 nitrogen and oxygen atoms in total. The molecule has 0 saturated carbocycles. The van der Waals surface area contributed by atoms with Crippen LogP contribution in [0.15, 0.2) is 0 Å². The molecule has 1 heterocycles. The number of carbonyl (C=O) groups excluding carboxylic acids is 1. The van der Waals surface area contributed by atoms with Crippen LogP contribution in [0.25, 0.3) is 0 Å². The Hall–Kier alpha value is -0.650. The van der Waals surface area contributed by atoms with Crippen molar-refractivity contribution in [3.63, 3.8) is 0 Å². The van der Waals surface area contributed by atoms with E-state index in [0.29, 0.717) is 25.7 Å². The molecule has 1 aliphatic rings. The zero-order valence-electron chi connectivity index (χ0n) is 13.9. The van der Waals surface area contributed by atoms with Crippen molar-refractivity contribution < 1.29 is 9.53 Å². The molecule has 0 radical (unpaired) electrons. The van der Waals surface area contributed by atoms with E-state index in [2.05, 4.69) is 31.0 Å². The lowest BCUT2D eigenvalue weighted by Gasteiger charge is -2.27. The van der Waals surface area contributed by atoms with Crippen molar-refractivity contribution in [2.24, 2.45) is 5.92 Å². The van der Waals surface area contributed by atoms with Gasteiger partial charge >= 0.3 is 0 Å². The summed E-state index contributed by atoms with van der Waals surface area (Å²) in [7, 11) is 4.05. The molecule has 118 valence electrons. The maximum Gasteiger partial charge on any atom is 0.243 e. The molecule has 2 unspecified atom stereocenters. The van der Waals surface area contributed by atoms with Crippen LogP contribution >= 0.6 is 0 Å². The summed E-state index contributed by atoms with van der Waals surface area (Å²) in [6.45, 7) is 11.2. The van der Waals surface area contributed by atoms with Crippen LogP contribution < -0.4 is 5.32 Å². The summed E-state index contributed by atoms with van der Waals surface area (Å²) < 4.78 is 5.62. The van der Waals surface area contributed by atoms with Gasteiger partial charge in [-0.15, -0.1) is 0 Å². The first-order valence-corrected chi connectivity index (χ1v) is 7.63. The lowest BCUT2D eigenvalue weighted by atomic mass is 9.99. The molecule has 1 fully saturated rings. The highest BCUT2D eigenvalue weighted by Gasteiger charge is 2.47. The Labute approximate surface area is 123 Å². The molecular formula is C15H31N3O2. The van der Waals surface area contributed by atoms with E-state index in [4.69, 9.17) is 4.74 Å². The van der Waals surface area contributed by atoms with Gasteiger partial charge in [0, 0.05) is 13.1 Å². The maximum absolute atomic E-state index is 12.5. The minimum atomic E-state index is -0.418. The van der Waals surface area contributed by atoms with E-state index in [9.17, 15) is 4.79 Å². The number of nitrogens with zero attached hydrogens (tertiary/aromatic N) is 2. The molecule has 1 N–H and O–H groups in total. The zero-order valence-corrected chi connectivity index (χ0v) is 13.9. The second-order valence-electron chi connectivity index (χ2n) is 6.43. The Balaban J connectivity index is 2.51. The van der Waals surface area contributed by atoms with Crippen LogP contribution in [-0.4, -0.2) is 67.8 Å². The predicted molar refractivity (Wildman–Crippen MR) is 81.5 cm³/mol. The fraction of sp³-hybridized carbons (Fsp3) is 0.933. The number of likely N-dealkylation sites (N-methyl/N-ethyl adjacent to an activating group) is 1. The first kappa shape index (κ1) is 17.4. The van der Waals surface area contributed by atoms with Gasteiger partial charge in [0.05, 0.1) is 24.9 Å². The van der Waals surface area contributed by atoms with Crippen molar-refractivity contribution >= 4 is 5.91 Å². The third-order valence-corrected chi connectivity index (χ3v) is 4.03. The van der Waals surface area contributed by atoms with Gasteiger partial charge in [0.2, 0.25) is 5.91 Å². The summed E-state index contributed by atoms with van der Waals surface area (Å²) in [4.78, 5) is 16.6. The largest absolute Gasteiger partial charge is 0.378 e. The second kappa shape index (κ2) is 7.38. The van der Waals surface area contributed by atoms with Crippen LogP contribution in [0.3, 0.4) is 0 Å². The van der Waals surface area contributed by atoms with Crippen LogP contribution in [0.5, 0.6) is 0 Å². The maximum atomic E-state index is 12.5. The fourth-order valence-corrected chi connectivity index (χ4v) is 2.44. The molecule has 0 aromatic heterocycles. The fourth-order valence-electron chi connectivity index (χ4n) is 2.44. The number of hydrogen-bond donors (Lipinski definition) is 1. The molecule has 0 aromatic rings. The van der Waals surface area contributed by atoms with Crippen molar-refractivity contribution in [3.05, 3.63) is 0 Å². The first-order chi connectivity index (χ1) is 9.31. The molecule has 20 heavy (non-hydrogen) atoms. The Bertz CT molecular complexity index is 320. The molecule has 0 aromatic carbocycles. The number of ether oxygens (including phenoxy) is 1. The van der Waals surface area contributed by atoms with Gasteiger partial charge < -0.3 is 14.5 Å². The predicted octanol–water partition coefficient (Wildman–Crippen LogP) is 1.15. The molecule has 0 bridgehead atoms. The Morgan fingerprint density at radius 2 is 2.05 bits per heavy atom. The topological polar surface area (TPSA) is 44.8 Å². The second-order valence-corrected chi connectivity index (χ2v) is 6.43. The van der Waals surface area contributed by atoms with E-state index in [1.165, 1.54) is 0 Å². The highest BCUT2D eigenvalue weighted by molar-refractivity contribution is 5.88. The number of carbonyl (C=O) groups is 1. The average molecular weight is 285 g/mol. The van der Waals surface area contributed by atoms with Gasteiger partial charge in [0.1, 0.15) is 0 Å². The van der Waals surface area contributed by atoms with E-state index >= 15 is 0 Å². The zero-order chi connectivity index (χ0) is 15.3. The lowest BCUT2D eigenvalue weighted by Crippen LogP contribution is -2.45. The molecule has 0 spiro atoms. The van der Waals surface area contributed by atoms with E-state index < -0.39 is 5.54 Å². The van der Waals surface area contributed by atoms with Crippen molar-refractivity contribution in [1.82, 2.24) is 15.1 Å². The molecule has 5 heteroatoms. The Morgan fingerprint density at radius 3 is 2.55 bits per heavy atom. The van der Waals surface area contributed by atoms with Crippen LogP contribution in [0.2, 0.25) is 0 Å². The van der Waals surface area contributed by atoms with Gasteiger partial charge in [0.15, 0.2) is 0 Å². The minimum Gasteiger partial charge on any atom is -0.378 e. The Kier molecular flexibility index (Phi) is 6.43. The summed E-state index contributed by atoms with van der Waals surface area (Å²) in [5, 5.41) is 3.49. The lowest BCUT2D eigenvalue weighted by molar-refractivity contribution is -0.134. The van der Waals surface area contributed by atoms with E-state index in [-0.39, 0.29) is 12.1 Å². The van der Waals surface area contributed by atoms with Crippen molar-refractivity contribution in [2.75, 3.05) is 40.4 Å². The summed E-state index contributed by atoms with van der Waals surface area (Å²) in [5.41, 5.74) is -0.418. The van der Waals surface area contributed by atoms with Gasteiger partial charge in [-0.05, 0) is 33.4 Å². The monoisotopic (exact) mass is 285 g/mol. The SMILES string of the molecule is CCC1(C)NC(C(C)C)N(CCOCCN(C)C)C1=O. The van der Waals surface area contributed by atoms with Crippen LogP contribution in [0.4, 0.5) is 0 Å². The van der Waals surface area contributed by atoms with Gasteiger partial charge in [-0.2, -0.15) is 0 Å². The van der Waals surface area contributed by atoms with Crippen molar-refractivity contribution in [1.29, 1.82) is 0 Å². The molecule has 1 aliphatic heterocycles. The highest BCUT2D eigenvalue weighted by atomic mass is 16.5. The molecule has 1 rings (SSSR count). The van der Waals surface area contributed by atoms with E-state index in [0.717, 1.165) is 13.0 Å². The molecule has 1 saturated heterocycles. The summed E-state index contributed by atoms with van der Waals surface area (Å²) in [6, 6.07) is 0. The summed E-state index contributed by atoms with van der Waals surface area (Å²) in [6.07, 6.45) is 0.928. The first-order valence-electron chi connectivity index (χ1n) is 7.63. The third kappa shape index (κ3) is 4.17. The number of hydrogen-bond acceptors (Lipinski definition) is 4. The summed E-state index contributed by atoms with van der Waals surface area (Å²) >= 11 is 0. The van der Waals surface area contributed by atoms with Gasteiger partial charge in [-0.3, -0.25) is 10.1 Å². The normalized spacial score (nSPS) is 27.1. The summed E-state index contributed by atoms with van der Waals surface area (Å²) in [5.74, 6) is 0.601. The minimum absolute atomic E-state index is 0.116. The third-order valence-electron chi connectivity index (χ3n) is 4.03.